The van der Waals surface area contributed by atoms with Crippen LogP contribution < -0.4 is 10.7 Å². The Morgan fingerprint density at radius 3 is 2.64 bits per heavy atom. The van der Waals surface area contributed by atoms with Gasteiger partial charge in [-0.3, -0.25) is 20.0 Å². The van der Waals surface area contributed by atoms with E-state index in [-0.39, 0.29) is 5.56 Å². The van der Waals surface area contributed by atoms with Crippen molar-refractivity contribution in [3.05, 3.63) is 64.4 Å². The molecule has 3 rings (SSSR count). The number of imide groups is 1. The van der Waals surface area contributed by atoms with Crippen LogP contribution in [0.15, 0.2) is 53.3 Å². The SMILES string of the molecule is CCC1(c2ccccc2)NC(=O)N(NC(=O)c2cncc(Br)c2)C1=O. The van der Waals surface area contributed by atoms with Gasteiger partial charge in [-0.15, -0.1) is 0 Å². The number of carbonyl (C=O) groups is 3. The molecule has 0 spiro atoms. The lowest BCUT2D eigenvalue weighted by molar-refractivity contribution is -0.133. The molecule has 25 heavy (non-hydrogen) atoms. The molecule has 2 aromatic rings. The van der Waals surface area contributed by atoms with Crippen LogP contribution in [0.1, 0.15) is 29.3 Å². The molecule has 1 unspecified atom stereocenters. The number of carbonyl (C=O) groups excluding carboxylic acids is 3. The number of nitrogens with zero attached hydrogens (tertiary/aromatic N) is 2. The van der Waals surface area contributed by atoms with Gasteiger partial charge in [-0.05, 0) is 34.0 Å². The van der Waals surface area contributed by atoms with Crippen LogP contribution in [0.5, 0.6) is 0 Å². The molecule has 2 N–H and O–H groups in total. The van der Waals surface area contributed by atoms with Crippen LogP contribution >= 0.6 is 15.9 Å². The molecule has 128 valence electrons. The number of nitrogens with one attached hydrogen (secondary N) is 2. The summed E-state index contributed by atoms with van der Waals surface area (Å²) in [4.78, 5) is 41.5. The summed E-state index contributed by atoms with van der Waals surface area (Å²) < 4.78 is 0.615. The minimum Gasteiger partial charge on any atom is -0.318 e. The van der Waals surface area contributed by atoms with Gasteiger partial charge in [0.25, 0.3) is 11.8 Å². The summed E-state index contributed by atoms with van der Waals surface area (Å²) in [5, 5.41) is 3.42. The maximum Gasteiger partial charge on any atom is 0.344 e. The lowest BCUT2D eigenvalue weighted by Gasteiger charge is -2.25. The first-order valence-electron chi connectivity index (χ1n) is 7.61. The molecule has 8 heteroatoms. The van der Waals surface area contributed by atoms with Gasteiger partial charge in [0, 0.05) is 16.9 Å². The highest BCUT2D eigenvalue weighted by Crippen LogP contribution is 2.31. The average Bonchev–Trinajstić information content (AvgIpc) is 2.87. The lowest BCUT2D eigenvalue weighted by atomic mass is 9.87. The molecule has 1 atom stereocenters. The van der Waals surface area contributed by atoms with Gasteiger partial charge in [-0.25, -0.2) is 4.79 Å². The van der Waals surface area contributed by atoms with Crippen molar-refractivity contribution in [2.75, 3.05) is 0 Å². The largest absolute Gasteiger partial charge is 0.344 e. The summed E-state index contributed by atoms with van der Waals surface area (Å²) in [6.45, 7) is 1.80. The number of hydrazine groups is 1. The van der Waals surface area contributed by atoms with Crippen molar-refractivity contribution < 1.29 is 14.4 Å². The predicted molar refractivity (Wildman–Crippen MR) is 93.2 cm³/mol. The number of halogens is 1. The molecule has 1 saturated heterocycles. The first-order valence-corrected chi connectivity index (χ1v) is 8.41. The van der Waals surface area contributed by atoms with E-state index in [1.807, 2.05) is 6.07 Å². The van der Waals surface area contributed by atoms with E-state index in [4.69, 9.17) is 0 Å². The summed E-state index contributed by atoms with van der Waals surface area (Å²) in [5.74, 6) is -1.13. The second kappa shape index (κ2) is 6.64. The highest BCUT2D eigenvalue weighted by atomic mass is 79.9. The molecule has 0 bridgehead atoms. The van der Waals surface area contributed by atoms with E-state index in [0.29, 0.717) is 16.5 Å². The van der Waals surface area contributed by atoms with Gasteiger partial charge in [0.15, 0.2) is 0 Å². The third-order valence-electron chi connectivity index (χ3n) is 4.07. The zero-order chi connectivity index (χ0) is 18.0. The van der Waals surface area contributed by atoms with Gasteiger partial charge in [0.05, 0.1) is 5.56 Å². The number of hydrogen-bond acceptors (Lipinski definition) is 4. The maximum absolute atomic E-state index is 12.9. The fourth-order valence-corrected chi connectivity index (χ4v) is 3.11. The zero-order valence-corrected chi connectivity index (χ0v) is 14.9. The number of aromatic nitrogens is 1. The van der Waals surface area contributed by atoms with Crippen molar-refractivity contribution in [1.82, 2.24) is 20.7 Å². The Morgan fingerprint density at radius 1 is 1.28 bits per heavy atom. The van der Waals surface area contributed by atoms with Gasteiger partial charge in [-0.2, -0.15) is 5.01 Å². The van der Waals surface area contributed by atoms with Crippen molar-refractivity contribution in [3.8, 4) is 0 Å². The van der Waals surface area contributed by atoms with Gasteiger partial charge in [0.1, 0.15) is 5.54 Å². The van der Waals surface area contributed by atoms with E-state index in [1.54, 1.807) is 37.3 Å². The Labute approximate surface area is 152 Å². The summed E-state index contributed by atoms with van der Waals surface area (Å²) >= 11 is 3.22. The van der Waals surface area contributed by atoms with Gasteiger partial charge >= 0.3 is 6.03 Å². The van der Waals surface area contributed by atoms with Crippen molar-refractivity contribution in [2.24, 2.45) is 0 Å². The fourth-order valence-electron chi connectivity index (χ4n) is 2.74. The van der Waals surface area contributed by atoms with E-state index in [1.165, 1.54) is 12.4 Å². The minimum absolute atomic E-state index is 0.226. The van der Waals surface area contributed by atoms with Crippen molar-refractivity contribution >= 4 is 33.8 Å². The maximum atomic E-state index is 12.9. The van der Waals surface area contributed by atoms with E-state index < -0.39 is 23.4 Å². The Hall–Kier alpha value is -2.74. The highest BCUT2D eigenvalue weighted by molar-refractivity contribution is 9.10. The van der Waals surface area contributed by atoms with E-state index in [9.17, 15) is 14.4 Å². The Bertz CT molecular complexity index is 843. The minimum atomic E-state index is -1.19. The Morgan fingerprint density at radius 2 is 2.00 bits per heavy atom. The topological polar surface area (TPSA) is 91.4 Å². The second-order valence-corrected chi connectivity index (χ2v) is 6.44. The fraction of sp³-hybridized carbons (Fsp3) is 0.176. The number of urea groups is 1. The van der Waals surface area contributed by atoms with Gasteiger partial charge in [-0.1, -0.05) is 37.3 Å². The summed E-state index contributed by atoms with van der Waals surface area (Å²) in [7, 11) is 0. The molecule has 0 radical (unpaired) electrons. The predicted octanol–water partition coefficient (Wildman–Crippen LogP) is 2.35. The molecule has 1 aliphatic heterocycles. The smallest absolute Gasteiger partial charge is 0.318 e. The molecule has 1 fully saturated rings. The van der Waals surface area contributed by atoms with Crippen LogP contribution in [0.3, 0.4) is 0 Å². The standard InChI is InChI=1S/C17H15BrN4O3/c1-2-17(12-6-4-3-5-7-12)15(24)22(16(25)20-17)21-14(23)11-8-13(18)10-19-9-11/h3-10H,2H2,1H3,(H,20,25)(H,21,23). The molecule has 2 heterocycles. The molecule has 0 aliphatic carbocycles. The van der Waals surface area contributed by atoms with Gasteiger partial charge < -0.3 is 5.32 Å². The van der Waals surface area contributed by atoms with Crippen LogP contribution in [-0.4, -0.2) is 27.8 Å². The van der Waals surface area contributed by atoms with Crippen molar-refractivity contribution in [1.29, 1.82) is 0 Å². The normalized spacial score (nSPS) is 19.7. The molecule has 1 aromatic heterocycles. The molecular formula is C17H15BrN4O3. The Kier molecular flexibility index (Phi) is 4.54. The number of pyridine rings is 1. The zero-order valence-electron chi connectivity index (χ0n) is 13.3. The number of benzene rings is 1. The molecule has 1 aliphatic rings. The second-order valence-electron chi connectivity index (χ2n) is 5.53. The first kappa shape index (κ1) is 17.1. The molecule has 7 nitrogen and oxygen atoms in total. The number of amides is 4. The molecule has 0 saturated carbocycles. The van der Waals surface area contributed by atoms with Gasteiger partial charge in [0.2, 0.25) is 0 Å². The van der Waals surface area contributed by atoms with Crippen LogP contribution in [0.4, 0.5) is 4.79 Å². The number of hydrogen-bond donors (Lipinski definition) is 2. The highest BCUT2D eigenvalue weighted by Gasteiger charge is 2.52. The Balaban J connectivity index is 1.87. The third kappa shape index (κ3) is 3.00. The van der Waals surface area contributed by atoms with E-state index in [0.717, 1.165) is 5.01 Å². The lowest BCUT2D eigenvalue weighted by Crippen LogP contribution is -2.48. The van der Waals surface area contributed by atoms with E-state index in [2.05, 4.69) is 31.7 Å². The first-order chi connectivity index (χ1) is 12.0. The monoisotopic (exact) mass is 402 g/mol. The van der Waals surface area contributed by atoms with E-state index >= 15 is 0 Å². The average molecular weight is 403 g/mol. The third-order valence-corrected chi connectivity index (χ3v) is 4.50. The van der Waals surface area contributed by atoms with Crippen LogP contribution in [-0.2, 0) is 10.3 Å². The quantitative estimate of drug-likeness (QED) is 0.767. The summed E-state index contributed by atoms with van der Waals surface area (Å²) in [5.41, 5.74) is 2.05. The van der Waals surface area contributed by atoms with Crippen molar-refractivity contribution in [3.63, 3.8) is 0 Å². The molecule has 1 aromatic carbocycles. The molecule has 4 amide bonds. The van der Waals surface area contributed by atoms with Crippen LogP contribution in [0.2, 0.25) is 0 Å². The summed E-state index contributed by atoms with van der Waals surface area (Å²) in [6.07, 6.45) is 3.23. The number of rotatable bonds is 4. The summed E-state index contributed by atoms with van der Waals surface area (Å²) in [6, 6.07) is 9.82. The van der Waals surface area contributed by atoms with Crippen LogP contribution in [0, 0.1) is 0 Å². The molecular weight excluding hydrogens is 388 g/mol. The van der Waals surface area contributed by atoms with Crippen LogP contribution in [0.25, 0.3) is 0 Å². The van der Waals surface area contributed by atoms with Crippen molar-refractivity contribution in [2.45, 2.75) is 18.9 Å².